The van der Waals surface area contributed by atoms with Gasteiger partial charge in [-0.2, -0.15) is 0 Å². The van der Waals surface area contributed by atoms with Gasteiger partial charge < -0.3 is 5.32 Å². The van der Waals surface area contributed by atoms with Gasteiger partial charge in [0.1, 0.15) is 0 Å². The molecule has 0 aromatic rings. The molecule has 2 fully saturated rings. The van der Waals surface area contributed by atoms with Crippen molar-refractivity contribution in [1.82, 2.24) is 10.2 Å². The monoisotopic (exact) mass is 224 g/mol. The first kappa shape index (κ1) is 12.4. The van der Waals surface area contributed by atoms with Crippen molar-refractivity contribution < 1.29 is 0 Å². The van der Waals surface area contributed by atoms with Gasteiger partial charge >= 0.3 is 0 Å². The third-order valence-corrected chi connectivity index (χ3v) is 4.36. The molecule has 1 aliphatic heterocycles. The third-order valence-electron chi connectivity index (χ3n) is 4.36. The van der Waals surface area contributed by atoms with Gasteiger partial charge in [0.25, 0.3) is 0 Å². The molecular weight excluding hydrogens is 196 g/mol. The lowest BCUT2D eigenvalue weighted by molar-refractivity contribution is 0.155. The minimum atomic E-state index is 0.561. The van der Waals surface area contributed by atoms with Crippen LogP contribution < -0.4 is 5.32 Å². The molecule has 1 aliphatic carbocycles. The summed E-state index contributed by atoms with van der Waals surface area (Å²) in [5, 5.41) is 3.63. The summed E-state index contributed by atoms with van der Waals surface area (Å²) in [5.41, 5.74) is 0.561. The maximum atomic E-state index is 3.63. The number of nitrogens with one attached hydrogen (secondary N) is 1. The predicted octanol–water partition coefficient (Wildman–Crippen LogP) is 2.64. The molecule has 16 heavy (non-hydrogen) atoms. The van der Waals surface area contributed by atoms with Gasteiger partial charge in [-0.25, -0.2) is 0 Å². The van der Waals surface area contributed by atoms with Gasteiger partial charge in [0, 0.05) is 18.6 Å². The summed E-state index contributed by atoms with van der Waals surface area (Å²) in [6.45, 7) is 10.8. The van der Waals surface area contributed by atoms with Crippen LogP contribution in [0, 0.1) is 5.41 Å². The number of likely N-dealkylation sites (tertiary alicyclic amines) is 1. The molecular formula is C14H28N2. The van der Waals surface area contributed by atoms with E-state index in [-0.39, 0.29) is 0 Å². The summed E-state index contributed by atoms with van der Waals surface area (Å²) >= 11 is 0. The van der Waals surface area contributed by atoms with Crippen LogP contribution in [0.25, 0.3) is 0 Å². The Balaban J connectivity index is 1.85. The van der Waals surface area contributed by atoms with E-state index < -0.39 is 0 Å². The molecule has 94 valence electrons. The van der Waals surface area contributed by atoms with Gasteiger partial charge in [-0.15, -0.1) is 0 Å². The van der Waals surface area contributed by atoms with E-state index in [1.807, 2.05) is 0 Å². The Morgan fingerprint density at radius 2 is 2.12 bits per heavy atom. The lowest BCUT2D eigenvalue weighted by atomic mass is 9.89. The highest BCUT2D eigenvalue weighted by Crippen LogP contribution is 2.33. The molecule has 0 bridgehead atoms. The van der Waals surface area contributed by atoms with Crippen molar-refractivity contribution >= 4 is 0 Å². The number of nitrogens with zero attached hydrogens (tertiary/aromatic N) is 1. The van der Waals surface area contributed by atoms with Gasteiger partial charge in [-0.05, 0) is 44.2 Å². The second-order valence-electron chi connectivity index (χ2n) is 6.46. The average Bonchev–Trinajstić information content (AvgIpc) is 2.60. The Hall–Kier alpha value is -0.0800. The largest absolute Gasteiger partial charge is 0.314 e. The van der Waals surface area contributed by atoms with E-state index in [9.17, 15) is 0 Å². The summed E-state index contributed by atoms with van der Waals surface area (Å²) in [6.07, 6.45) is 7.00. The zero-order chi connectivity index (χ0) is 11.6. The lowest BCUT2D eigenvalue weighted by Gasteiger charge is -2.36. The summed E-state index contributed by atoms with van der Waals surface area (Å²) < 4.78 is 0. The Kier molecular flexibility index (Phi) is 3.91. The van der Waals surface area contributed by atoms with Gasteiger partial charge in [-0.1, -0.05) is 27.2 Å². The Bertz CT molecular complexity index is 223. The van der Waals surface area contributed by atoms with Crippen molar-refractivity contribution in [3.8, 4) is 0 Å². The van der Waals surface area contributed by atoms with Crippen LogP contribution in [0.5, 0.6) is 0 Å². The summed E-state index contributed by atoms with van der Waals surface area (Å²) in [7, 11) is 0. The van der Waals surface area contributed by atoms with Crippen LogP contribution in [0.1, 0.15) is 52.9 Å². The van der Waals surface area contributed by atoms with E-state index in [1.54, 1.807) is 0 Å². The van der Waals surface area contributed by atoms with Crippen LogP contribution in [0.3, 0.4) is 0 Å². The van der Waals surface area contributed by atoms with Gasteiger partial charge in [0.2, 0.25) is 0 Å². The number of hydrogen-bond acceptors (Lipinski definition) is 2. The van der Waals surface area contributed by atoms with Crippen molar-refractivity contribution in [2.24, 2.45) is 5.41 Å². The molecule has 0 aromatic carbocycles. The van der Waals surface area contributed by atoms with Crippen molar-refractivity contribution in [3.63, 3.8) is 0 Å². The zero-order valence-electron chi connectivity index (χ0n) is 11.3. The molecule has 0 spiro atoms. The van der Waals surface area contributed by atoms with Crippen LogP contribution in [-0.4, -0.2) is 36.6 Å². The molecule has 0 radical (unpaired) electrons. The second kappa shape index (κ2) is 5.05. The minimum Gasteiger partial charge on any atom is -0.314 e. The summed E-state index contributed by atoms with van der Waals surface area (Å²) in [6, 6.07) is 1.65. The van der Waals surface area contributed by atoms with Crippen LogP contribution in [0.2, 0.25) is 0 Å². The van der Waals surface area contributed by atoms with E-state index in [0.29, 0.717) is 5.41 Å². The Morgan fingerprint density at radius 1 is 1.31 bits per heavy atom. The molecule has 1 saturated heterocycles. The molecule has 2 atom stereocenters. The topological polar surface area (TPSA) is 15.3 Å². The quantitative estimate of drug-likeness (QED) is 0.793. The van der Waals surface area contributed by atoms with Crippen LogP contribution >= 0.6 is 0 Å². The maximum absolute atomic E-state index is 3.63. The van der Waals surface area contributed by atoms with Crippen LogP contribution in [0.4, 0.5) is 0 Å². The SMILES string of the molecule is CCNC1CCCC(N2CCC(C)(C)C2)C1. The molecule has 1 N–H and O–H groups in total. The van der Waals surface area contributed by atoms with Crippen LogP contribution in [0.15, 0.2) is 0 Å². The van der Waals surface area contributed by atoms with Crippen LogP contribution in [-0.2, 0) is 0 Å². The second-order valence-corrected chi connectivity index (χ2v) is 6.46. The first-order valence-electron chi connectivity index (χ1n) is 7.08. The summed E-state index contributed by atoms with van der Waals surface area (Å²) in [5.74, 6) is 0. The molecule has 2 rings (SSSR count). The highest BCUT2D eigenvalue weighted by molar-refractivity contribution is 4.90. The fraction of sp³-hybridized carbons (Fsp3) is 1.00. The minimum absolute atomic E-state index is 0.561. The fourth-order valence-corrected chi connectivity index (χ4v) is 3.44. The molecule has 0 amide bonds. The Labute approximate surface area is 101 Å². The van der Waals surface area contributed by atoms with Crippen molar-refractivity contribution in [2.75, 3.05) is 19.6 Å². The van der Waals surface area contributed by atoms with Gasteiger partial charge in [0.15, 0.2) is 0 Å². The maximum Gasteiger partial charge on any atom is 0.0110 e. The standard InChI is InChI=1S/C14H28N2/c1-4-15-12-6-5-7-13(10-12)16-9-8-14(2,3)11-16/h12-13,15H,4-11H2,1-3H3. The fourth-order valence-electron chi connectivity index (χ4n) is 3.44. The molecule has 1 heterocycles. The van der Waals surface area contributed by atoms with E-state index in [4.69, 9.17) is 0 Å². The molecule has 2 heteroatoms. The molecule has 2 nitrogen and oxygen atoms in total. The molecule has 0 aromatic heterocycles. The van der Waals surface area contributed by atoms with Gasteiger partial charge in [-0.3, -0.25) is 4.90 Å². The smallest absolute Gasteiger partial charge is 0.0110 e. The Morgan fingerprint density at radius 3 is 2.75 bits per heavy atom. The van der Waals surface area contributed by atoms with Crippen molar-refractivity contribution in [2.45, 2.75) is 65.0 Å². The summed E-state index contributed by atoms with van der Waals surface area (Å²) in [4.78, 5) is 2.75. The zero-order valence-corrected chi connectivity index (χ0v) is 11.3. The average molecular weight is 224 g/mol. The van der Waals surface area contributed by atoms with E-state index in [1.165, 1.54) is 45.2 Å². The van der Waals surface area contributed by atoms with Crippen molar-refractivity contribution in [3.05, 3.63) is 0 Å². The van der Waals surface area contributed by atoms with Crippen molar-refractivity contribution in [1.29, 1.82) is 0 Å². The lowest BCUT2D eigenvalue weighted by Crippen LogP contribution is -2.43. The van der Waals surface area contributed by atoms with E-state index in [0.717, 1.165) is 18.6 Å². The molecule has 2 unspecified atom stereocenters. The first-order valence-corrected chi connectivity index (χ1v) is 7.08. The normalized spacial score (nSPS) is 35.4. The van der Waals surface area contributed by atoms with E-state index in [2.05, 4.69) is 31.0 Å². The predicted molar refractivity (Wildman–Crippen MR) is 69.7 cm³/mol. The highest BCUT2D eigenvalue weighted by Gasteiger charge is 2.35. The molecule has 1 saturated carbocycles. The van der Waals surface area contributed by atoms with E-state index >= 15 is 0 Å². The number of hydrogen-bond donors (Lipinski definition) is 1. The van der Waals surface area contributed by atoms with Gasteiger partial charge in [0.05, 0.1) is 0 Å². The third kappa shape index (κ3) is 2.98. The highest BCUT2D eigenvalue weighted by atomic mass is 15.2. The molecule has 2 aliphatic rings. The number of rotatable bonds is 3. The first-order chi connectivity index (χ1) is 7.61.